The smallest absolute Gasteiger partial charge is 0.335 e. The highest BCUT2D eigenvalue weighted by atomic mass is 16.5. The lowest BCUT2D eigenvalue weighted by atomic mass is 10.1. The predicted octanol–water partition coefficient (Wildman–Crippen LogP) is 2.56. The Balaban J connectivity index is 1.89. The Labute approximate surface area is 114 Å². The Bertz CT molecular complexity index is 445. The number of carboxylic acids is 1. The number of anilines is 1. The van der Waals surface area contributed by atoms with Gasteiger partial charge >= 0.3 is 5.97 Å². The van der Waals surface area contributed by atoms with Crippen molar-refractivity contribution in [2.24, 2.45) is 0 Å². The molecular formula is C15H21NO3. The Morgan fingerprint density at radius 1 is 1.42 bits per heavy atom. The van der Waals surface area contributed by atoms with Crippen molar-refractivity contribution in [3.8, 4) is 0 Å². The summed E-state index contributed by atoms with van der Waals surface area (Å²) in [7, 11) is 0. The Morgan fingerprint density at radius 2 is 2.26 bits per heavy atom. The number of benzene rings is 1. The highest BCUT2D eigenvalue weighted by Gasteiger charge is 2.19. The van der Waals surface area contributed by atoms with Gasteiger partial charge in [-0.2, -0.15) is 0 Å². The molecule has 0 fully saturated rings. The molecule has 0 saturated heterocycles. The number of carboxylic acid groups (broad SMARTS) is 1. The minimum Gasteiger partial charge on any atom is -0.478 e. The number of hydrogen-bond acceptors (Lipinski definition) is 3. The molecule has 104 valence electrons. The molecule has 4 heteroatoms. The third-order valence-electron chi connectivity index (χ3n) is 3.47. The number of unbranched alkanes of at least 4 members (excludes halogenated alkanes) is 1. The second-order valence-electron chi connectivity index (χ2n) is 4.85. The van der Waals surface area contributed by atoms with Gasteiger partial charge in [-0.3, -0.25) is 0 Å². The van der Waals surface area contributed by atoms with E-state index in [0.717, 1.165) is 56.8 Å². The first-order chi connectivity index (χ1) is 9.22. The fourth-order valence-electron chi connectivity index (χ4n) is 2.36. The van der Waals surface area contributed by atoms with Crippen molar-refractivity contribution in [3.05, 3.63) is 29.3 Å². The average molecular weight is 263 g/mol. The minimum absolute atomic E-state index is 0.375. The van der Waals surface area contributed by atoms with Gasteiger partial charge in [0.05, 0.1) is 12.2 Å². The minimum atomic E-state index is -0.857. The molecule has 0 amide bonds. The number of ether oxygens (including phenoxy) is 1. The van der Waals surface area contributed by atoms with Crippen molar-refractivity contribution in [1.29, 1.82) is 0 Å². The summed E-state index contributed by atoms with van der Waals surface area (Å²) in [6.45, 7) is 5.55. The van der Waals surface area contributed by atoms with Gasteiger partial charge in [-0.1, -0.05) is 13.3 Å². The molecule has 0 atom stereocenters. The molecule has 1 aliphatic rings. The van der Waals surface area contributed by atoms with E-state index >= 15 is 0 Å². The Kier molecular flexibility index (Phi) is 4.80. The lowest BCUT2D eigenvalue weighted by Crippen LogP contribution is -2.25. The van der Waals surface area contributed by atoms with Crippen LogP contribution in [0, 0.1) is 0 Å². The van der Waals surface area contributed by atoms with Gasteiger partial charge in [0.2, 0.25) is 0 Å². The van der Waals surface area contributed by atoms with Crippen molar-refractivity contribution >= 4 is 11.7 Å². The summed E-state index contributed by atoms with van der Waals surface area (Å²) in [5.74, 6) is -0.857. The summed E-state index contributed by atoms with van der Waals surface area (Å²) in [4.78, 5) is 13.2. The maximum Gasteiger partial charge on any atom is 0.335 e. The fraction of sp³-hybridized carbons (Fsp3) is 0.533. The lowest BCUT2D eigenvalue weighted by molar-refractivity contribution is 0.0697. The van der Waals surface area contributed by atoms with Crippen LogP contribution in [0.4, 0.5) is 5.69 Å². The number of aromatic carboxylic acids is 1. The van der Waals surface area contributed by atoms with E-state index in [2.05, 4.69) is 11.8 Å². The zero-order valence-electron chi connectivity index (χ0n) is 11.4. The highest BCUT2D eigenvalue weighted by Crippen LogP contribution is 2.28. The van der Waals surface area contributed by atoms with Gasteiger partial charge in [0.1, 0.15) is 0 Å². The van der Waals surface area contributed by atoms with E-state index in [-0.39, 0.29) is 0 Å². The average Bonchev–Trinajstić information content (AvgIpc) is 2.81. The number of fused-ring (bicyclic) bond motifs is 1. The third-order valence-corrected chi connectivity index (χ3v) is 3.47. The van der Waals surface area contributed by atoms with Gasteiger partial charge < -0.3 is 14.7 Å². The molecule has 0 radical (unpaired) electrons. The molecule has 1 aliphatic heterocycles. The zero-order valence-corrected chi connectivity index (χ0v) is 11.4. The van der Waals surface area contributed by atoms with Gasteiger partial charge in [0.15, 0.2) is 0 Å². The van der Waals surface area contributed by atoms with Gasteiger partial charge in [0, 0.05) is 25.4 Å². The standard InChI is InChI=1S/C15H21NO3/c1-2-3-9-19-10-8-16-7-6-12-11-13(15(17)18)4-5-14(12)16/h4-5,11H,2-3,6-10H2,1H3,(H,17,18). The summed E-state index contributed by atoms with van der Waals surface area (Å²) in [6, 6.07) is 5.38. The number of nitrogens with zero attached hydrogens (tertiary/aromatic N) is 1. The normalized spacial score (nSPS) is 13.6. The largest absolute Gasteiger partial charge is 0.478 e. The van der Waals surface area contributed by atoms with Gasteiger partial charge in [-0.05, 0) is 36.6 Å². The number of rotatable bonds is 7. The Morgan fingerprint density at radius 3 is 3.00 bits per heavy atom. The summed E-state index contributed by atoms with van der Waals surface area (Å²) in [5, 5.41) is 8.97. The molecule has 0 bridgehead atoms. The molecule has 0 unspecified atom stereocenters. The molecule has 4 nitrogen and oxygen atoms in total. The second-order valence-corrected chi connectivity index (χ2v) is 4.85. The van der Waals surface area contributed by atoms with Crippen molar-refractivity contribution in [2.45, 2.75) is 26.2 Å². The molecule has 1 N–H and O–H groups in total. The van der Waals surface area contributed by atoms with E-state index in [9.17, 15) is 4.79 Å². The van der Waals surface area contributed by atoms with Gasteiger partial charge in [-0.25, -0.2) is 4.79 Å². The molecule has 0 saturated carbocycles. The molecule has 1 heterocycles. The van der Waals surface area contributed by atoms with E-state index in [1.807, 2.05) is 6.07 Å². The Hall–Kier alpha value is -1.55. The second kappa shape index (κ2) is 6.57. The molecule has 0 aromatic heterocycles. The van der Waals surface area contributed by atoms with Crippen molar-refractivity contribution in [3.63, 3.8) is 0 Å². The van der Waals surface area contributed by atoms with Crippen molar-refractivity contribution < 1.29 is 14.6 Å². The summed E-state index contributed by atoms with van der Waals surface area (Å²) in [6.07, 6.45) is 3.19. The SMILES string of the molecule is CCCCOCCN1CCc2cc(C(=O)O)ccc21. The van der Waals surface area contributed by atoms with E-state index in [0.29, 0.717) is 5.56 Å². The molecular weight excluding hydrogens is 242 g/mol. The molecule has 0 spiro atoms. The van der Waals surface area contributed by atoms with Crippen LogP contribution < -0.4 is 4.90 Å². The fourth-order valence-corrected chi connectivity index (χ4v) is 2.36. The van der Waals surface area contributed by atoms with Gasteiger partial charge in [0.25, 0.3) is 0 Å². The topological polar surface area (TPSA) is 49.8 Å². The molecule has 2 rings (SSSR count). The van der Waals surface area contributed by atoms with E-state index < -0.39 is 5.97 Å². The van der Waals surface area contributed by atoms with Crippen LogP contribution in [0.1, 0.15) is 35.7 Å². The van der Waals surface area contributed by atoms with Crippen LogP contribution in [0.15, 0.2) is 18.2 Å². The lowest BCUT2D eigenvalue weighted by Gasteiger charge is -2.19. The van der Waals surface area contributed by atoms with E-state index in [1.54, 1.807) is 12.1 Å². The molecule has 1 aromatic carbocycles. The van der Waals surface area contributed by atoms with Crippen LogP contribution >= 0.6 is 0 Å². The van der Waals surface area contributed by atoms with E-state index in [4.69, 9.17) is 9.84 Å². The molecule has 1 aromatic rings. The number of hydrogen-bond donors (Lipinski definition) is 1. The first kappa shape index (κ1) is 13.9. The van der Waals surface area contributed by atoms with Crippen LogP contribution in [0.3, 0.4) is 0 Å². The quantitative estimate of drug-likeness (QED) is 0.768. The number of carbonyl (C=O) groups is 1. The van der Waals surface area contributed by atoms with Crippen LogP contribution in [0.25, 0.3) is 0 Å². The predicted molar refractivity (Wildman–Crippen MR) is 75.0 cm³/mol. The monoisotopic (exact) mass is 263 g/mol. The van der Waals surface area contributed by atoms with Crippen LogP contribution in [0.2, 0.25) is 0 Å². The summed E-state index contributed by atoms with van der Waals surface area (Å²) < 4.78 is 5.58. The van der Waals surface area contributed by atoms with Crippen LogP contribution in [-0.4, -0.2) is 37.4 Å². The zero-order chi connectivity index (χ0) is 13.7. The van der Waals surface area contributed by atoms with E-state index in [1.165, 1.54) is 0 Å². The maximum atomic E-state index is 10.9. The van der Waals surface area contributed by atoms with Crippen LogP contribution in [-0.2, 0) is 11.2 Å². The third kappa shape index (κ3) is 3.47. The molecule has 0 aliphatic carbocycles. The van der Waals surface area contributed by atoms with Crippen molar-refractivity contribution in [2.75, 3.05) is 31.2 Å². The summed E-state index contributed by atoms with van der Waals surface area (Å²) >= 11 is 0. The van der Waals surface area contributed by atoms with Crippen LogP contribution in [0.5, 0.6) is 0 Å². The first-order valence-corrected chi connectivity index (χ1v) is 6.91. The summed E-state index contributed by atoms with van der Waals surface area (Å²) in [5.41, 5.74) is 2.66. The molecule has 19 heavy (non-hydrogen) atoms. The highest BCUT2D eigenvalue weighted by molar-refractivity contribution is 5.88. The first-order valence-electron chi connectivity index (χ1n) is 6.91. The maximum absolute atomic E-state index is 10.9. The van der Waals surface area contributed by atoms with Crippen molar-refractivity contribution in [1.82, 2.24) is 0 Å². The van der Waals surface area contributed by atoms with Gasteiger partial charge in [-0.15, -0.1) is 0 Å².